The number of carbonyl (C=O) groups is 1. The second-order valence-electron chi connectivity index (χ2n) is 7.38. The molecule has 0 saturated carbocycles. The fourth-order valence-electron chi connectivity index (χ4n) is 3.61. The summed E-state index contributed by atoms with van der Waals surface area (Å²) in [6.07, 6.45) is 5.88. The van der Waals surface area contributed by atoms with Crippen LogP contribution in [-0.2, 0) is 16.1 Å². The Bertz CT molecular complexity index is 1190. The molecule has 158 valence electrons. The van der Waals surface area contributed by atoms with Crippen LogP contribution >= 0.6 is 11.3 Å². The van der Waals surface area contributed by atoms with Crippen molar-refractivity contribution in [3.63, 3.8) is 0 Å². The van der Waals surface area contributed by atoms with E-state index in [9.17, 15) is 4.79 Å². The molecule has 1 amide bonds. The molecule has 8 nitrogen and oxygen atoms in total. The highest BCUT2D eigenvalue weighted by Crippen LogP contribution is 2.34. The molecule has 31 heavy (non-hydrogen) atoms. The Kier molecular flexibility index (Phi) is 5.35. The molecule has 9 heteroatoms. The largest absolute Gasteiger partial charge is 0.383 e. The maximum Gasteiger partial charge on any atom is 0.224 e. The predicted octanol–water partition coefficient (Wildman–Crippen LogP) is 3.05. The molecule has 0 aliphatic carbocycles. The van der Waals surface area contributed by atoms with E-state index in [0.29, 0.717) is 45.1 Å². The van der Waals surface area contributed by atoms with Gasteiger partial charge in [-0.3, -0.25) is 9.48 Å². The first-order chi connectivity index (χ1) is 15.2. The first-order valence-corrected chi connectivity index (χ1v) is 11.0. The minimum Gasteiger partial charge on any atom is -0.383 e. The lowest BCUT2D eigenvalue weighted by Gasteiger charge is -2.26. The number of aromatic nitrogens is 4. The Hall–Kier alpha value is -3.30. The summed E-state index contributed by atoms with van der Waals surface area (Å²) in [6.45, 7) is 3.07. The number of hydrogen-bond donors (Lipinski definition) is 1. The highest BCUT2D eigenvalue weighted by Gasteiger charge is 2.17. The monoisotopic (exact) mass is 434 g/mol. The van der Waals surface area contributed by atoms with Crippen LogP contribution in [0.1, 0.15) is 6.42 Å². The quantitative estimate of drug-likeness (QED) is 0.518. The molecule has 5 rings (SSSR count). The van der Waals surface area contributed by atoms with Crippen molar-refractivity contribution in [2.75, 3.05) is 32.0 Å². The van der Waals surface area contributed by atoms with Crippen molar-refractivity contribution in [2.45, 2.75) is 13.0 Å². The molecule has 1 aliphatic heterocycles. The summed E-state index contributed by atoms with van der Waals surface area (Å²) in [7, 11) is 0. The van der Waals surface area contributed by atoms with Crippen molar-refractivity contribution < 1.29 is 9.53 Å². The number of fused-ring (bicyclic) bond motifs is 1. The Morgan fingerprint density at radius 1 is 1.16 bits per heavy atom. The van der Waals surface area contributed by atoms with Crippen LogP contribution in [0.2, 0.25) is 0 Å². The van der Waals surface area contributed by atoms with Gasteiger partial charge in [-0.15, -0.1) is 11.3 Å². The van der Waals surface area contributed by atoms with Gasteiger partial charge in [0.2, 0.25) is 5.91 Å². The van der Waals surface area contributed by atoms with E-state index in [1.54, 1.807) is 28.4 Å². The topological polar surface area (TPSA) is 99.2 Å². The molecule has 1 fully saturated rings. The summed E-state index contributed by atoms with van der Waals surface area (Å²) in [4.78, 5) is 23.3. The SMILES string of the molecule is Nc1ncc(-c2cnn(CCC(=O)N3CCOCC3)c2)cc1-c1nc2ccccc2s1. The lowest BCUT2D eigenvalue weighted by Crippen LogP contribution is -2.40. The van der Waals surface area contributed by atoms with Gasteiger partial charge in [0.15, 0.2) is 0 Å². The number of aryl methyl sites for hydroxylation is 1. The van der Waals surface area contributed by atoms with Gasteiger partial charge in [0.1, 0.15) is 10.8 Å². The van der Waals surface area contributed by atoms with Gasteiger partial charge in [-0.1, -0.05) is 12.1 Å². The number of nitrogen functional groups attached to an aromatic ring is 1. The lowest BCUT2D eigenvalue weighted by atomic mass is 10.1. The van der Waals surface area contributed by atoms with Gasteiger partial charge < -0.3 is 15.4 Å². The molecule has 4 heterocycles. The number of carbonyl (C=O) groups excluding carboxylic acids is 1. The summed E-state index contributed by atoms with van der Waals surface area (Å²) in [6, 6.07) is 10.0. The van der Waals surface area contributed by atoms with Crippen molar-refractivity contribution in [1.29, 1.82) is 0 Å². The van der Waals surface area contributed by atoms with Crippen LogP contribution in [0.4, 0.5) is 5.82 Å². The number of thiazole rings is 1. The molecule has 0 unspecified atom stereocenters. The average molecular weight is 435 g/mol. The van der Waals surface area contributed by atoms with Crippen LogP contribution < -0.4 is 5.73 Å². The van der Waals surface area contributed by atoms with E-state index in [-0.39, 0.29) is 5.91 Å². The van der Waals surface area contributed by atoms with Gasteiger partial charge in [0.25, 0.3) is 0 Å². The van der Waals surface area contributed by atoms with Crippen molar-refractivity contribution in [2.24, 2.45) is 0 Å². The third-order valence-corrected chi connectivity index (χ3v) is 6.40. The minimum absolute atomic E-state index is 0.132. The van der Waals surface area contributed by atoms with E-state index in [1.807, 2.05) is 41.4 Å². The van der Waals surface area contributed by atoms with Gasteiger partial charge in [-0.2, -0.15) is 5.10 Å². The number of benzene rings is 1. The summed E-state index contributed by atoms with van der Waals surface area (Å²) < 4.78 is 8.21. The highest BCUT2D eigenvalue weighted by atomic mass is 32.1. The van der Waals surface area contributed by atoms with Crippen molar-refractivity contribution in [3.05, 3.63) is 48.9 Å². The number of para-hydroxylation sites is 1. The molecule has 4 aromatic rings. The van der Waals surface area contributed by atoms with Crippen LogP contribution in [0.3, 0.4) is 0 Å². The normalized spacial score (nSPS) is 14.3. The molecule has 1 saturated heterocycles. The molecule has 0 spiro atoms. The van der Waals surface area contributed by atoms with E-state index >= 15 is 0 Å². The first-order valence-electron chi connectivity index (χ1n) is 10.2. The van der Waals surface area contributed by atoms with Crippen LogP contribution in [-0.4, -0.2) is 56.9 Å². The molecule has 0 bridgehead atoms. The zero-order valence-electron chi connectivity index (χ0n) is 16.9. The molecule has 3 aromatic heterocycles. The van der Waals surface area contributed by atoms with E-state index in [2.05, 4.69) is 10.1 Å². The Balaban J connectivity index is 1.33. The number of ether oxygens (including phenoxy) is 1. The van der Waals surface area contributed by atoms with Crippen LogP contribution in [0, 0.1) is 0 Å². The summed E-state index contributed by atoms with van der Waals surface area (Å²) in [5, 5.41) is 5.26. The maximum atomic E-state index is 12.4. The van der Waals surface area contributed by atoms with E-state index in [4.69, 9.17) is 15.5 Å². The van der Waals surface area contributed by atoms with E-state index < -0.39 is 0 Å². The molecule has 1 aromatic carbocycles. The Morgan fingerprint density at radius 2 is 2.00 bits per heavy atom. The number of nitrogens with two attached hydrogens (primary N) is 1. The Morgan fingerprint density at radius 3 is 2.84 bits per heavy atom. The molecule has 1 aliphatic rings. The van der Waals surface area contributed by atoms with Gasteiger partial charge >= 0.3 is 0 Å². The number of pyridine rings is 1. The third-order valence-electron chi connectivity index (χ3n) is 5.33. The molecule has 0 atom stereocenters. The zero-order chi connectivity index (χ0) is 21.2. The predicted molar refractivity (Wildman–Crippen MR) is 121 cm³/mol. The second-order valence-corrected chi connectivity index (χ2v) is 8.41. The van der Waals surface area contributed by atoms with E-state index in [1.165, 1.54) is 0 Å². The Labute approximate surface area is 183 Å². The number of rotatable bonds is 5. The standard InChI is InChI=1S/C22H22N6O2S/c23-21-17(22-26-18-3-1-2-4-19(18)31-22)11-15(12-24-21)16-13-25-28(14-16)6-5-20(29)27-7-9-30-10-8-27/h1-4,11-14H,5-10H2,(H2,23,24). The van der Waals surface area contributed by atoms with Gasteiger partial charge in [0.05, 0.1) is 35.2 Å². The number of morpholine rings is 1. The van der Waals surface area contributed by atoms with Gasteiger partial charge in [0, 0.05) is 49.6 Å². The lowest BCUT2D eigenvalue weighted by molar-refractivity contribution is -0.135. The highest BCUT2D eigenvalue weighted by molar-refractivity contribution is 7.21. The molecule has 2 N–H and O–H groups in total. The number of anilines is 1. The van der Waals surface area contributed by atoms with Gasteiger partial charge in [-0.25, -0.2) is 9.97 Å². The van der Waals surface area contributed by atoms with Crippen LogP contribution in [0.5, 0.6) is 0 Å². The second kappa shape index (κ2) is 8.44. The van der Waals surface area contributed by atoms with Crippen molar-refractivity contribution >= 4 is 33.3 Å². The van der Waals surface area contributed by atoms with Crippen molar-refractivity contribution in [3.8, 4) is 21.7 Å². The molecular formula is C22H22N6O2S. The number of hydrogen-bond acceptors (Lipinski definition) is 7. The fourth-order valence-corrected chi connectivity index (χ4v) is 4.60. The summed E-state index contributed by atoms with van der Waals surface area (Å²) in [5.41, 5.74) is 9.76. The first kappa shape index (κ1) is 19.7. The molecule has 0 radical (unpaired) electrons. The van der Waals surface area contributed by atoms with E-state index in [0.717, 1.165) is 31.9 Å². The van der Waals surface area contributed by atoms with Crippen molar-refractivity contribution in [1.82, 2.24) is 24.6 Å². The number of nitrogens with zero attached hydrogens (tertiary/aromatic N) is 5. The average Bonchev–Trinajstić information content (AvgIpc) is 3.45. The van der Waals surface area contributed by atoms with Crippen LogP contribution in [0.15, 0.2) is 48.9 Å². The fraction of sp³-hybridized carbons (Fsp3) is 0.273. The zero-order valence-corrected chi connectivity index (χ0v) is 17.7. The number of amides is 1. The molecular weight excluding hydrogens is 412 g/mol. The third kappa shape index (κ3) is 4.14. The summed E-state index contributed by atoms with van der Waals surface area (Å²) >= 11 is 1.60. The minimum atomic E-state index is 0.132. The smallest absolute Gasteiger partial charge is 0.224 e. The summed E-state index contributed by atoms with van der Waals surface area (Å²) in [5.74, 6) is 0.582. The van der Waals surface area contributed by atoms with Crippen LogP contribution in [0.25, 0.3) is 31.9 Å². The maximum absolute atomic E-state index is 12.4. The van der Waals surface area contributed by atoms with Gasteiger partial charge in [-0.05, 0) is 18.2 Å².